The first-order valence-corrected chi connectivity index (χ1v) is 14.7. The van der Waals surface area contributed by atoms with Crippen LogP contribution in [0.15, 0.2) is 77.8 Å². The molecule has 0 saturated heterocycles. The highest BCUT2D eigenvalue weighted by atomic mass is 31.1. The molecule has 0 aliphatic carbocycles. The molecule has 0 N–H and O–H groups in total. The van der Waals surface area contributed by atoms with Crippen molar-refractivity contribution < 1.29 is 31.1 Å². The second kappa shape index (κ2) is 13.5. The van der Waals surface area contributed by atoms with E-state index in [-0.39, 0.29) is 23.0 Å². The van der Waals surface area contributed by atoms with E-state index in [0.717, 1.165) is 28.7 Å². The molecule has 1 heterocycles. The SMILES string of the molecule is CC/C=C\C(C)F.Cc1cc(-c2ccc(OC(F)(F)F)cc2)ccc1[C@@H]1N=C(c2c(F)cccc2F)P(C)C1C. The molecule has 0 amide bonds. The monoisotopic (exact) mass is 579 g/mol. The van der Waals surface area contributed by atoms with Crippen LogP contribution in [0, 0.1) is 18.6 Å². The molecule has 3 aromatic carbocycles. The van der Waals surface area contributed by atoms with Gasteiger partial charge in [-0.2, -0.15) is 0 Å². The molecule has 2 nitrogen and oxygen atoms in total. The summed E-state index contributed by atoms with van der Waals surface area (Å²) in [5.74, 6) is -1.50. The van der Waals surface area contributed by atoms with Gasteiger partial charge in [-0.15, -0.1) is 13.2 Å². The van der Waals surface area contributed by atoms with Crippen LogP contribution in [0.5, 0.6) is 5.75 Å². The van der Waals surface area contributed by atoms with E-state index in [1.807, 2.05) is 51.7 Å². The Morgan fingerprint density at radius 2 is 1.60 bits per heavy atom. The van der Waals surface area contributed by atoms with Crippen molar-refractivity contribution in [1.29, 1.82) is 0 Å². The molecule has 4 rings (SSSR count). The van der Waals surface area contributed by atoms with Crippen LogP contribution in [-0.4, -0.2) is 30.3 Å². The standard InChI is InChI=1S/C25H21F5NOP.C6H11F/c1-14-13-17(16-7-10-18(11-8-16)32-25(28,29)30)9-12-19(14)23-15(2)33(3)24(31-23)22-20(26)5-4-6-21(22)27;1-3-4-5-6(2)7/h4-13,15,23H,1-3H3;4-6H,3H2,1-2H3/b;5-4-/t15?,23-,33?;/m1./s1. The lowest BCUT2D eigenvalue weighted by Gasteiger charge is -2.20. The molecule has 3 aromatic rings. The Labute approximate surface area is 232 Å². The Morgan fingerprint density at radius 1 is 1.00 bits per heavy atom. The minimum atomic E-state index is -4.73. The summed E-state index contributed by atoms with van der Waals surface area (Å²) in [5, 5.41) is 0. The average molecular weight is 580 g/mol. The predicted octanol–water partition coefficient (Wildman–Crippen LogP) is 10.2. The number of benzene rings is 3. The smallest absolute Gasteiger partial charge is 0.406 e. The molecule has 3 unspecified atom stereocenters. The molecule has 0 spiro atoms. The van der Waals surface area contributed by atoms with Gasteiger partial charge in [0.05, 0.1) is 17.1 Å². The molecule has 1 aliphatic rings. The highest BCUT2D eigenvalue weighted by Crippen LogP contribution is 2.55. The lowest BCUT2D eigenvalue weighted by atomic mass is 9.95. The third-order valence-corrected chi connectivity index (χ3v) is 9.01. The highest BCUT2D eigenvalue weighted by molar-refractivity contribution is 7.76. The zero-order valence-corrected chi connectivity index (χ0v) is 23.8. The molecule has 9 heteroatoms. The maximum Gasteiger partial charge on any atom is 0.573 e. The number of allylic oxidation sites excluding steroid dienone is 2. The number of ether oxygens (including phenoxy) is 1. The van der Waals surface area contributed by atoms with E-state index in [1.165, 1.54) is 37.3 Å². The fraction of sp³-hybridized carbons (Fsp3) is 0.323. The van der Waals surface area contributed by atoms with Crippen molar-refractivity contribution in [2.45, 2.75) is 58.4 Å². The first kappa shape index (κ1) is 31.4. The number of rotatable bonds is 6. The van der Waals surface area contributed by atoms with Gasteiger partial charge >= 0.3 is 6.36 Å². The van der Waals surface area contributed by atoms with E-state index in [9.17, 15) is 26.3 Å². The van der Waals surface area contributed by atoms with E-state index < -0.39 is 32.1 Å². The minimum Gasteiger partial charge on any atom is -0.406 e. The summed E-state index contributed by atoms with van der Waals surface area (Å²) in [6, 6.07) is 15.0. The maximum atomic E-state index is 14.4. The summed E-state index contributed by atoms with van der Waals surface area (Å²) >= 11 is 0. The summed E-state index contributed by atoms with van der Waals surface area (Å²) in [6.45, 7) is 9.46. The first-order chi connectivity index (χ1) is 18.8. The van der Waals surface area contributed by atoms with E-state index in [0.29, 0.717) is 5.45 Å². The molecule has 4 atom stereocenters. The van der Waals surface area contributed by atoms with Crippen LogP contribution in [0.2, 0.25) is 0 Å². The van der Waals surface area contributed by atoms with Gasteiger partial charge in [0.2, 0.25) is 0 Å². The van der Waals surface area contributed by atoms with Gasteiger partial charge in [-0.1, -0.05) is 70.3 Å². The normalized spacial score (nSPS) is 19.7. The van der Waals surface area contributed by atoms with E-state index in [2.05, 4.69) is 4.74 Å². The molecule has 0 aromatic heterocycles. The van der Waals surface area contributed by atoms with Crippen molar-refractivity contribution in [3.8, 4) is 16.9 Å². The number of alkyl halides is 4. The van der Waals surface area contributed by atoms with Crippen molar-refractivity contribution in [3.05, 3.63) is 101 Å². The third kappa shape index (κ3) is 7.97. The molecule has 1 aliphatic heterocycles. The Bertz CT molecular complexity index is 1330. The quantitative estimate of drug-likeness (QED) is 0.162. The second-order valence-electron chi connectivity index (χ2n) is 9.50. The van der Waals surface area contributed by atoms with Gasteiger partial charge < -0.3 is 4.74 Å². The Hall–Kier alpha value is -3.12. The number of hydrogen-bond donors (Lipinski definition) is 0. The Kier molecular flexibility index (Phi) is 10.6. The molecular weight excluding hydrogens is 547 g/mol. The van der Waals surface area contributed by atoms with E-state index in [1.54, 1.807) is 18.2 Å². The van der Waals surface area contributed by atoms with Crippen LogP contribution in [-0.2, 0) is 0 Å². The average Bonchev–Trinajstić information content (AvgIpc) is 3.16. The van der Waals surface area contributed by atoms with Gasteiger partial charge in [-0.05, 0) is 73.5 Å². The van der Waals surface area contributed by atoms with E-state index in [4.69, 9.17) is 4.99 Å². The number of hydrogen-bond acceptors (Lipinski definition) is 2. The first-order valence-electron chi connectivity index (χ1n) is 12.8. The lowest BCUT2D eigenvalue weighted by Crippen LogP contribution is -2.16. The number of aliphatic imine (C=N–C) groups is 1. The van der Waals surface area contributed by atoms with Crippen LogP contribution < -0.4 is 4.74 Å². The van der Waals surface area contributed by atoms with Gasteiger partial charge in [0.1, 0.15) is 23.6 Å². The van der Waals surface area contributed by atoms with Gasteiger partial charge in [-0.3, -0.25) is 4.99 Å². The molecule has 0 saturated carbocycles. The van der Waals surface area contributed by atoms with Crippen LogP contribution in [0.1, 0.15) is 49.9 Å². The van der Waals surface area contributed by atoms with Crippen LogP contribution in [0.25, 0.3) is 11.1 Å². The van der Waals surface area contributed by atoms with Crippen molar-refractivity contribution in [1.82, 2.24) is 0 Å². The van der Waals surface area contributed by atoms with Crippen LogP contribution >= 0.6 is 7.92 Å². The Morgan fingerprint density at radius 3 is 2.10 bits per heavy atom. The predicted molar refractivity (Wildman–Crippen MR) is 151 cm³/mol. The lowest BCUT2D eigenvalue weighted by molar-refractivity contribution is -0.274. The minimum absolute atomic E-state index is 0.0455. The molecule has 40 heavy (non-hydrogen) atoms. The summed E-state index contributed by atoms with van der Waals surface area (Å²) in [5.41, 5.74) is 4.03. The zero-order chi connectivity index (χ0) is 29.6. The topological polar surface area (TPSA) is 21.6 Å². The Balaban J connectivity index is 0.000000559. The van der Waals surface area contributed by atoms with Crippen molar-refractivity contribution in [3.63, 3.8) is 0 Å². The third-order valence-electron chi connectivity index (χ3n) is 6.50. The van der Waals surface area contributed by atoms with Gasteiger partial charge in [0.15, 0.2) is 0 Å². The highest BCUT2D eigenvalue weighted by Gasteiger charge is 2.37. The van der Waals surface area contributed by atoms with Crippen LogP contribution in [0.3, 0.4) is 0 Å². The molecular formula is C31H32F6NOP. The second-order valence-corrected chi connectivity index (χ2v) is 12.0. The van der Waals surface area contributed by atoms with Crippen molar-refractivity contribution in [2.24, 2.45) is 4.99 Å². The number of halogens is 6. The molecule has 0 bridgehead atoms. The van der Waals surface area contributed by atoms with Gasteiger partial charge in [0, 0.05) is 5.66 Å². The summed E-state index contributed by atoms with van der Waals surface area (Å²) in [6.07, 6.45) is -1.21. The summed E-state index contributed by atoms with van der Waals surface area (Å²) in [7, 11) is -0.876. The summed E-state index contributed by atoms with van der Waals surface area (Å²) < 4.78 is 81.6. The summed E-state index contributed by atoms with van der Waals surface area (Å²) in [4.78, 5) is 4.76. The van der Waals surface area contributed by atoms with Gasteiger partial charge in [0.25, 0.3) is 0 Å². The molecule has 214 valence electrons. The molecule has 0 fully saturated rings. The van der Waals surface area contributed by atoms with Crippen molar-refractivity contribution in [2.75, 3.05) is 6.66 Å². The fourth-order valence-electron chi connectivity index (χ4n) is 4.38. The maximum absolute atomic E-state index is 14.4. The number of aryl methyl sites for hydroxylation is 1. The molecule has 0 radical (unpaired) electrons. The van der Waals surface area contributed by atoms with Crippen molar-refractivity contribution >= 4 is 13.4 Å². The zero-order valence-electron chi connectivity index (χ0n) is 22.9. The van der Waals surface area contributed by atoms with Gasteiger partial charge in [-0.25, -0.2) is 13.2 Å². The largest absolute Gasteiger partial charge is 0.573 e. The van der Waals surface area contributed by atoms with Crippen LogP contribution in [0.4, 0.5) is 26.3 Å². The van der Waals surface area contributed by atoms with E-state index >= 15 is 0 Å². The fourth-order valence-corrected chi connectivity index (χ4v) is 6.29. The number of nitrogens with zero attached hydrogens (tertiary/aromatic N) is 1.